The Balaban J connectivity index is 1.96. The van der Waals surface area contributed by atoms with Crippen LogP contribution in [0.25, 0.3) is 27.5 Å². The smallest absolute Gasteiger partial charge is 0.0541 e. The number of hydrogen-bond acceptors (Lipinski definition) is 0. The fourth-order valence-corrected chi connectivity index (χ4v) is 3.93. The number of aryl methyl sites for hydroxylation is 1. The highest BCUT2D eigenvalue weighted by Gasteiger charge is 2.13. The molecule has 0 N–H and O–H groups in total. The standard InChI is InChI=1S/C22H20BrN/c23-16-8-7-10-17-9-1-4-13-20(17)24-21-14-5-2-11-18(21)19-12-3-6-15-22(19)24/h1-6,9,11-15H,7-8,10,16H2. The van der Waals surface area contributed by atoms with E-state index in [4.69, 9.17) is 0 Å². The number of nitrogens with zero attached hydrogens (tertiary/aromatic N) is 1. The molecule has 0 radical (unpaired) electrons. The average Bonchev–Trinajstić information content (AvgIpc) is 2.97. The molecular formula is C22H20BrN. The molecule has 0 spiro atoms. The lowest BCUT2D eigenvalue weighted by Gasteiger charge is -2.13. The molecule has 0 amide bonds. The predicted octanol–water partition coefficient (Wildman–Crippen LogP) is 6.50. The molecule has 0 aliphatic heterocycles. The zero-order valence-corrected chi connectivity index (χ0v) is 15.2. The number of halogens is 1. The third-order valence-corrected chi connectivity index (χ3v) is 5.20. The first-order valence-corrected chi connectivity index (χ1v) is 9.65. The second kappa shape index (κ2) is 6.82. The van der Waals surface area contributed by atoms with Gasteiger partial charge in [-0.05, 0) is 43.0 Å². The number of rotatable bonds is 5. The molecule has 24 heavy (non-hydrogen) atoms. The van der Waals surface area contributed by atoms with E-state index in [0.717, 1.165) is 11.8 Å². The Kier molecular flexibility index (Phi) is 4.40. The minimum Gasteiger partial charge on any atom is -0.309 e. The van der Waals surface area contributed by atoms with E-state index in [1.54, 1.807) is 0 Å². The monoisotopic (exact) mass is 377 g/mol. The number of alkyl halides is 1. The van der Waals surface area contributed by atoms with Gasteiger partial charge in [-0.3, -0.25) is 0 Å². The highest BCUT2D eigenvalue weighted by molar-refractivity contribution is 9.09. The highest BCUT2D eigenvalue weighted by Crippen LogP contribution is 2.33. The van der Waals surface area contributed by atoms with Crippen LogP contribution >= 0.6 is 15.9 Å². The van der Waals surface area contributed by atoms with Gasteiger partial charge in [-0.25, -0.2) is 0 Å². The summed E-state index contributed by atoms with van der Waals surface area (Å²) in [5.74, 6) is 0. The van der Waals surface area contributed by atoms with Crippen molar-refractivity contribution in [3.8, 4) is 5.69 Å². The lowest BCUT2D eigenvalue weighted by atomic mass is 10.1. The van der Waals surface area contributed by atoms with Gasteiger partial charge in [-0.2, -0.15) is 0 Å². The van der Waals surface area contributed by atoms with E-state index >= 15 is 0 Å². The van der Waals surface area contributed by atoms with Crippen molar-refractivity contribution in [1.82, 2.24) is 4.57 Å². The number of hydrogen-bond donors (Lipinski definition) is 0. The molecule has 0 unspecified atom stereocenters. The highest BCUT2D eigenvalue weighted by atomic mass is 79.9. The third-order valence-electron chi connectivity index (χ3n) is 4.64. The second-order valence-corrected chi connectivity index (χ2v) is 6.94. The van der Waals surface area contributed by atoms with Crippen molar-refractivity contribution in [1.29, 1.82) is 0 Å². The van der Waals surface area contributed by atoms with Gasteiger partial charge in [0.25, 0.3) is 0 Å². The van der Waals surface area contributed by atoms with E-state index in [-0.39, 0.29) is 0 Å². The van der Waals surface area contributed by atoms with Crippen molar-refractivity contribution >= 4 is 37.7 Å². The van der Waals surface area contributed by atoms with Crippen LogP contribution in [0.5, 0.6) is 0 Å². The van der Waals surface area contributed by atoms with Gasteiger partial charge in [0.2, 0.25) is 0 Å². The molecular weight excluding hydrogens is 358 g/mol. The predicted molar refractivity (Wildman–Crippen MR) is 108 cm³/mol. The summed E-state index contributed by atoms with van der Waals surface area (Å²) in [7, 11) is 0. The third kappa shape index (κ3) is 2.65. The molecule has 0 bridgehead atoms. The topological polar surface area (TPSA) is 4.93 Å². The zero-order chi connectivity index (χ0) is 16.4. The summed E-state index contributed by atoms with van der Waals surface area (Å²) in [6.07, 6.45) is 3.53. The lowest BCUT2D eigenvalue weighted by Crippen LogP contribution is -2.00. The first-order chi connectivity index (χ1) is 11.9. The molecule has 120 valence electrons. The van der Waals surface area contributed by atoms with Crippen molar-refractivity contribution in [3.05, 3.63) is 78.4 Å². The van der Waals surface area contributed by atoms with Crippen LogP contribution in [-0.4, -0.2) is 9.90 Å². The van der Waals surface area contributed by atoms with Gasteiger partial charge in [0.15, 0.2) is 0 Å². The Hall–Kier alpha value is -2.06. The number of unbranched alkanes of at least 4 members (excludes halogenated alkanes) is 1. The molecule has 0 aliphatic rings. The van der Waals surface area contributed by atoms with Crippen LogP contribution in [0, 0.1) is 0 Å². The summed E-state index contributed by atoms with van der Waals surface area (Å²) >= 11 is 3.54. The normalized spacial score (nSPS) is 11.4. The molecule has 1 heterocycles. The van der Waals surface area contributed by atoms with E-state index in [2.05, 4.69) is 93.3 Å². The Labute approximate surface area is 151 Å². The molecule has 4 rings (SSSR count). The first-order valence-electron chi connectivity index (χ1n) is 8.52. The van der Waals surface area contributed by atoms with Crippen molar-refractivity contribution in [2.24, 2.45) is 0 Å². The van der Waals surface area contributed by atoms with Crippen LogP contribution in [0.2, 0.25) is 0 Å². The molecule has 0 fully saturated rings. The molecule has 2 heteroatoms. The maximum absolute atomic E-state index is 3.54. The number of para-hydroxylation sites is 3. The van der Waals surface area contributed by atoms with E-state index in [0.29, 0.717) is 0 Å². The van der Waals surface area contributed by atoms with Crippen LogP contribution in [-0.2, 0) is 6.42 Å². The maximum atomic E-state index is 3.54. The van der Waals surface area contributed by atoms with E-state index in [9.17, 15) is 0 Å². The SMILES string of the molecule is BrCCCCc1ccccc1-n1c2ccccc2c2ccccc21. The molecule has 0 saturated heterocycles. The van der Waals surface area contributed by atoms with Gasteiger partial charge in [-0.1, -0.05) is 70.5 Å². The lowest BCUT2D eigenvalue weighted by molar-refractivity contribution is 0.801. The molecule has 1 aromatic heterocycles. The van der Waals surface area contributed by atoms with Gasteiger partial charge < -0.3 is 4.57 Å². The Bertz CT molecular complexity index is 930. The number of benzene rings is 3. The average molecular weight is 378 g/mol. The van der Waals surface area contributed by atoms with Crippen molar-refractivity contribution in [3.63, 3.8) is 0 Å². The summed E-state index contributed by atoms with van der Waals surface area (Å²) < 4.78 is 2.42. The molecule has 1 nitrogen and oxygen atoms in total. The Morgan fingerprint density at radius 1 is 0.667 bits per heavy atom. The largest absolute Gasteiger partial charge is 0.309 e. The van der Waals surface area contributed by atoms with Gasteiger partial charge in [-0.15, -0.1) is 0 Å². The maximum Gasteiger partial charge on any atom is 0.0541 e. The van der Waals surface area contributed by atoms with E-state index < -0.39 is 0 Å². The van der Waals surface area contributed by atoms with Crippen LogP contribution in [0.1, 0.15) is 18.4 Å². The molecule has 0 saturated carbocycles. The minimum atomic E-state index is 1.07. The summed E-state index contributed by atoms with van der Waals surface area (Å²) in [5, 5.41) is 3.72. The summed E-state index contributed by atoms with van der Waals surface area (Å²) in [4.78, 5) is 0. The van der Waals surface area contributed by atoms with Gasteiger partial charge in [0.05, 0.1) is 11.0 Å². The summed E-state index contributed by atoms with van der Waals surface area (Å²) in [5.41, 5.74) is 5.30. The van der Waals surface area contributed by atoms with Gasteiger partial charge >= 0.3 is 0 Å². The van der Waals surface area contributed by atoms with Crippen LogP contribution < -0.4 is 0 Å². The second-order valence-electron chi connectivity index (χ2n) is 6.14. The summed E-state index contributed by atoms with van der Waals surface area (Å²) in [6.45, 7) is 0. The molecule has 4 aromatic rings. The van der Waals surface area contributed by atoms with E-state index in [1.165, 1.54) is 45.9 Å². The molecule has 3 aromatic carbocycles. The fourth-order valence-electron chi connectivity index (χ4n) is 3.53. The van der Waals surface area contributed by atoms with Gasteiger partial charge in [0, 0.05) is 21.8 Å². The van der Waals surface area contributed by atoms with Crippen molar-refractivity contribution in [2.75, 3.05) is 5.33 Å². The van der Waals surface area contributed by atoms with Gasteiger partial charge in [0.1, 0.15) is 0 Å². The zero-order valence-electron chi connectivity index (χ0n) is 13.6. The fraction of sp³-hybridized carbons (Fsp3) is 0.182. The number of fused-ring (bicyclic) bond motifs is 3. The Morgan fingerprint density at radius 3 is 1.92 bits per heavy atom. The van der Waals surface area contributed by atoms with Crippen molar-refractivity contribution in [2.45, 2.75) is 19.3 Å². The van der Waals surface area contributed by atoms with Crippen LogP contribution in [0.4, 0.5) is 0 Å². The van der Waals surface area contributed by atoms with Crippen LogP contribution in [0.3, 0.4) is 0 Å². The number of aromatic nitrogens is 1. The Morgan fingerprint density at radius 2 is 1.25 bits per heavy atom. The van der Waals surface area contributed by atoms with Crippen molar-refractivity contribution < 1.29 is 0 Å². The first kappa shape index (κ1) is 15.5. The molecule has 0 atom stereocenters. The summed E-state index contributed by atoms with van der Waals surface area (Å²) in [6, 6.07) is 26.2. The van der Waals surface area contributed by atoms with Crippen LogP contribution in [0.15, 0.2) is 72.8 Å². The minimum absolute atomic E-state index is 1.07. The van der Waals surface area contributed by atoms with E-state index in [1.807, 2.05) is 0 Å². The quantitative estimate of drug-likeness (QED) is 0.276. The molecule has 0 aliphatic carbocycles.